The summed E-state index contributed by atoms with van der Waals surface area (Å²) >= 11 is 0. The molecule has 1 rings (SSSR count). The molecule has 4 atom stereocenters. The summed E-state index contributed by atoms with van der Waals surface area (Å²) in [5, 5.41) is 0. The second-order valence-electron chi connectivity index (χ2n) is 8.24. The highest BCUT2D eigenvalue weighted by molar-refractivity contribution is 6.84. The van der Waals surface area contributed by atoms with E-state index in [0.29, 0.717) is 23.5 Å². The molecule has 0 aromatic carbocycles. The van der Waals surface area contributed by atoms with Crippen LogP contribution in [0.15, 0.2) is 0 Å². The number of ketones is 1. The van der Waals surface area contributed by atoms with Crippen LogP contribution in [0.4, 0.5) is 0 Å². The van der Waals surface area contributed by atoms with E-state index < -0.39 is 8.07 Å². The zero-order valence-corrected chi connectivity index (χ0v) is 16.2. The van der Waals surface area contributed by atoms with Crippen LogP contribution in [0.5, 0.6) is 0 Å². The molecule has 0 amide bonds. The number of carbonyl (C=O) groups is 1. The normalized spacial score (nSPS) is 31.6. The van der Waals surface area contributed by atoms with Gasteiger partial charge in [0.2, 0.25) is 0 Å². The van der Waals surface area contributed by atoms with Gasteiger partial charge in [0.05, 0.1) is 8.07 Å². The van der Waals surface area contributed by atoms with E-state index in [-0.39, 0.29) is 0 Å². The topological polar surface area (TPSA) is 17.1 Å². The van der Waals surface area contributed by atoms with Crippen LogP contribution in [0.1, 0.15) is 68.7 Å². The third-order valence-electron chi connectivity index (χ3n) is 6.77. The highest BCUT2D eigenvalue weighted by Crippen LogP contribution is 2.59. The summed E-state index contributed by atoms with van der Waals surface area (Å²) in [4.78, 5) is 12.0. The first-order valence-electron chi connectivity index (χ1n) is 8.58. The Hall–Kier alpha value is -0.113. The van der Waals surface area contributed by atoms with E-state index >= 15 is 0 Å². The summed E-state index contributed by atoms with van der Waals surface area (Å²) in [6, 6.07) is 0. The van der Waals surface area contributed by atoms with Gasteiger partial charge < -0.3 is 0 Å². The predicted octanol–water partition coefficient (Wildman–Crippen LogP) is 5.92. The monoisotopic (exact) mass is 296 g/mol. The summed E-state index contributed by atoms with van der Waals surface area (Å²) < 4.78 is 0. The molecule has 0 unspecified atom stereocenters. The van der Waals surface area contributed by atoms with Crippen LogP contribution in [0.3, 0.4) is 0 Å². The van der Waals surface area contributed by atoms with E-state index in [1.54, 1.807) is 6.92 Å². The van der Waals surface area contributed by atoms with Crippen LogP contribution in [0.25, 0.3) is 0 Å². The predicted molar refractivity (Wildman–Crippen MR) is 91.9 cm³/mol. The Bertz CT molecular complexity index is 324. The van der Waals surface area contributed by atoms with Crippen LogP contribution in [-0.2, 0) is 4.79 Å². The maximum absolute atomic E-state index is 12.0. The quantitative estimate of drug-likeness (QED) is 0.576. The smallest absolute Gasteiger partial charge is 0.133 e. The standard InChI is InChI=1S/C18H36OSi/c1-11(2)20(12(3)4,13(5)6)18-10-17(16(9)19)14(7)15(18)8/h11-15,17-18H,10H2,1-9H3/t14-,15-,17-,18-/m0/s1. The van der Waals surface area contributed by atoms with Crippen molar-refractivity contribution in [3.8, 4) is 0 Å². The average Bonchev–Trinajstić information content (AvgIpc) is 2.57. The summed E-state index contributed by atoms with van der Waals surface area (Å²) in [6.07, 6.45) is 1.17. The maximum atomic E-state index is 12.0. The minimum atomic E-state index is -1.44. The Morgan fingerprint density at radius 3 is 1.55 bits per heavy atom. The molecule has 20 heavy (non-hydrogen) atoms. The van der Waals surface area contributed by atoms with Crippen molar-refractivity contribution in [1.29, 1.82) is 0 Å². The number of hydrogen-bond donors (Lipinski definition) is 0. The molecule has 2 heteroatoms. The van der Waals surface area contributed by atoms with Crippen LogP contribution in [0.2, 0.25) is 22.2 Å². The lowest BCUT2D eigenvalue weighted by molar-refractivity contribution is -0.121. The van der Waals surface area contributed by atoms with E-state index in [1.165, 1.54) is 6.42 Å². The fraction of sp³-hybridized carbons (Fsp3) is 0.944. The van der Waals surface area contributed by atoms with Gasteiger partial charge in [-0.2, -0.15) is 0 Å². The third kappa shape index (κ3) is 2.65. The van der Waals surface area contributed by atoms with Crippen molar-refractivity contribution in [2.75, 3.05) is 0 Å². The third-order valence-corrected chi connectivity index (χ3v) is 14.8. The van der Waals surface area contributed by atoms with Crippen LogP contribution in [-0.4, -0.2) is 13.9 Å². The van der Waals surface area contributed by atoms with Crippen molar-refractivity contribution in [3.63, 3.8) is 0 Å². The summed E-state index contributed by atoms with van der Waals surface area (Å²) in [5.74, 6) is 2.02. The van der Waals surface area contributed by atoms with Crippen molar-refractivity contribution in [3.05, 3.63) is 0 Å². The Labute approximate surface area is 127 Å². The van der Waals surface area contributed by atoms with Crippen LogP contribution >= 0.6 is 0 Å². The molecular formula is C18H36OSi. The molecule has 1 fully saturated rings. The van der Waals surface area contributed by atoms with Gasteiger partial charge in [-0.1, -0.05) is 72.0 Å². The van der Waals surface area contributed by atoms with Gasteiger partial charge in [-0.3, -0.25) is 4.79 Å². The van der Waals surface area contributed by atoms with Crippen LogP contribution in [0, 0.1) is 17.8 Å². The van der Waals surface area contributed by atoms with Crippen molar-refractivity contribution >= 4 is 13.9 Å². The molecule has 1 aliphatic rings. The van der Waals surface area contributed by atoms with Gasteiger partial charge in [-0.25, -0.2) is 0 Å². The fourth-order valence-corrected chi connectivity index (χ4v) is 14.4. The lowest BCUT2D eigenvalue weighted by atomic mass is 9.90. The molecule has 1 saturated carbocycles. The second kappa shape index (κ2) is 6.33. The largest absolute Gasteiger partial charge is 0.300 e. The van der Waals surface area contributed by atoms with E-state index in [0.717, 1.165) is 22.2 Å². The summed E-state index contributed by atoms with van der Waals surface area (Å²) in [6.45, 7) is 21.2. The van der Waals surface area contributed by atoms with Gasteiger partial charge in [0, 0.05) is 5.92 Å². The SMILES string of the molecule is CC(=O)[C@H]1C[C@H]([Si](C(C)C)(C(C)C)C(C)C)[C@@H](C)[C@@H]1C. The van der Waals surface area contributed by atoms with Crippen molar-refractivity contribution in [2.45, 2.75) is 90.9 Å². The molecule has 0 N–H and O–H groups in total. The van der Waals surface area contributed by atoms with Gasteiger partial charge in [-0.05, 0) is 30.7 Å². The highest BCUT2D eigenvalue weighted by Gasteiger charge is 2.55. The molecule has 0 spiro atoms. The Balaban J connectivity index is 3.26. The second-order valence-corrected chi connectivity index (χ2v) is 14.4. The number of carbonyl (C=O) groups excluding carboxylic acids is 1. The summed E-state index contributed by atoms with van der Waals surface area (Å²) in [7, 11) is -1.44. The minimum Gasteiger partial charge on any atom is -0.300 e. The molecule has 0 aromatic heterocycles. The lowest BCUT2D eigenvalue weighted by Gasteiger charge is -2.50. The lowest BCUT2D eigenvalue weighted by Crippen LogP contribution is -2.50. The molecule has 0 bridgehead atoms. The number of Topliss-reactive ketones (excluding diaryl/α,β-unsaturated/α-hetero) is 1. The average molecular weight is 297 g/mol. The number of rotatable bonds is 5. The van der Waals surface area contributed by atoms with Crippen LogP contribution < -0.4 is 0 Å². The van der Waals surface area contributed by atoms with Gasteiger partial charge >= 0.3 is 0 Å². The first-order chi connectivity index (χ1) is 9.08. The van der Waals surface area contributed by atoms with Gasteiger partial charge in [0.1, 0.15) is 5.78 Å². The minimum absolute atomic E-state index is 0.318. The zero-order valence-electron chi connectivity index (χ0n) is 15.2. The maximum Gasteiger partial charge on any atom is 0.133 e. The number of hydrogen-bond acceptors (Lipinski definition) is 1. The Kier molecular flexibility index (Phi) is 5.68. The van der Waals surface area contributed by atoms with E-state index in [4.69, 9.17) is 0 Å². The van der Waals surface area contributed by atoms with Crippen molar-refractivity contribution < 1.29 is 4.79 Å². The molecule has 0 heterocycles. The Morgan fingerprint density at radius 2 is 1.30 bits per heavy atom. The summed E-state index contributed by atoms with van der Waals surface area (Å²) in [5.41, 5.74) is 3.21. The first kappa shape index (κ1) is 17.9. The highest BCUT2D eigenvalue weighted by atomic mass is 28.3. The van der Waals surface area contributed by atoms with E-state index in [2.05, 4.69) is 55.4 Å². The van der Waals surface area contributed by atoms with E-state index in [1.807, 2.05) is 0 Å². The van der Waals surface area contributed by atoms with E-state index in [9.17, 15) is 4.79 Å². The van der Waals surface area contributed by atoms with Gasteiger partial charge in [-0.15, -0.1) is 0 Å². The molecule has 0 aliphatic heterocycles. The molecule has 1 aliphatic carbocycles. The molecule has 0 radical (unpaired) electrons. The molecule has 1 nitrogen and oxygen atoms in total. The fourth-order valence-electron chi connectivity index (χ4n) is 5.92. The Morgan fingerprint density at radius 1 is 0.900 bits per heavy atom. The van der Waals surface area contributed by atoms with Gasteiger partial charge in [0.25, 0.3) is 0 Å². The van der Waals surface area contributed by atoms with Crippen molar-refractivity contribution in [2.24, 2.45) is 17.8 Å². The van der Waals surface area contributed by atoms with Crippen molar-refractivity contribution in [1.82, 2.24) is 0 Å². The van der Waals surface area contributed by atoms with Gasteiger partial charge in [0.15, 0.2) is 0 Å². The molecule has 118 valence electrons. The molecule has 0 aromatic rings. The molecular weight excluding hydrogens is 260 g/mol. The molecule has 0 saturated heterocycles. The zero-order chi connectivity index (χ0) is 15.8. The first-order valence-corrected chi connectivity index (χ1v) is 10.9.